The summed E-state index contributed by atoms with van der Waals surface area (Å²) >= 11 is -0.0806. The van der Waals surface area contributed by atoms with Gasteiger partial charge in [-0.2, -0.15) is 13.2 Å². The summed E-state index contributed by atoms with van der Waals surface area (Å²) in [5.74, 6) is 0.472. The lowest BCUT2D eigenvalue weighted by Gasteiger charge is -2.15. The van der Waals surface area contributed by atoms with Gasteiger partial charge in [0.25, 0.3) is 0 Å². The fraction of sp³-hybridized carbons (Fsp3) is 0.538. The molecule has 1 aromatic carbocycles. The molecule has 1 saturated heterocycles. The van der Waals surface area contributed by atoms with Gasteiger partial charge in [0, 0.05) is 30.6 Å². The number of likely N-dealkylation sites (tertiary alicyclic amines) is 1. The van der Waals surface area contributed by atoms with Crippen LogP contribution in [-0.2, 0) is 6.54 Å². The van der Waals surface area contributed by atoms with Crippen LogP contribution in [-0.4, -0.2) is 29.5 Å². The first-order valence-electron chi connectivity index (χ1n) is 6.16. The van der Waals surface area contributed by atoms with Gasteiger partial charge in [0.1, 0.15) is 0 Å². The van der Waals surface area contributed by atoms with Gasteiger partial charge >= 0.3 is 5.51 Å². The van der Waals surface area contributed by atoms with E-state index in [1.54, 1.807) is 12.1 Å². The van der Waals surface area contributed by atoms with Gasteiger partial charge in [-0.25, -0.2) is 0 Å². The molecule has 2 unspecified atom stereocenters. The van der Waals surface area contributed by atoms with Crippen molar-refractivity contribution in [1.29, 1.82) is 0 Å². The Bertz CT molecular complexity index is 409. The van der Waals surface area contributed by atoms with Crippen LogP contribution in [0.1, 0.15) is 12.5 Å². The van der Waals surface area contributed by atoms with Crippen molar-refractivity contribution in [1.82, 2.24) is 4.90 Å². The number of benzene rings is 1. The van der Waals surface area contributed by atoms with E-state index in [2.05, 4.69) is 11.8 Å². The summed E-state index contributed by atoms with van der Waals surface area (Å²) in [6.07, 6.45) is 0. The summed E-state index contributed by atoms with van der Waals surface area (Å²) in [6.45, 7) is 4.66. The van der Waals surface area contributed by atoms with Gasteiger partial charge in [0.15, 0.2) is 0 Å². The van der Waals surface area contributed by atoms with Crippen molar-refractivity contribution in [2.75, 3.05) is 13.1 Å². The normalized spacial score (nSPS) is 24.9. The van der Waals surface area contributed by atoms with Crippen LogP contribution in [0.5, 0.6) is 0 Å². The van der Waals surface area contributed by atoms with Crippen LogP contribution >= 0.6 is 11.8 Å². The largest absolute Gasteiger partial charge is 0.446 e. The molecule has 6 heteroatoms. The Morgan fingerprint density at radius 3 is 2.37 bits per heavy atom. The van der Waals surface area contributed by atoms with Crippen molar-refractivity contribution >= 4 is 11.8 Å². The Hall–Kier alpha value is -0.720. The quantitative estimate of drug-likeness (QED) is 0.868. The zero-order chi connectivity index (χ0) is 14.0. The molecule has 2 N–H and O–H groups in total. The molecule has 0 bridgehead atoms. The number of thioether (sulfide) groups is 1. The Labute approximate surface area is 115 Å². The van der Waals surface area contributed by atoms with Crippen molar-refractivity contribution < 1.29 is 13.2 Å². The van der Waals surface area contributed by atoms with Crippen molar-refractivity contribution in [3.05, 3.63) is 29.8 Å². The third kappa shape index (κ3) is 4.40. The van der Waals surface area contributed by atoms with E-state index in [1.807, 2.05) is 0 Å². The second kappa shape index (κ2) is 5.73. The van der Waals surface area contributed by atoms with E-state index in [9.17, 15) is 13.2 Å². The SMILES string of the molecule is CC1CN(Cc2ccc(SC(F)(F)F)cc2)CC1N. The average Bonchev–Trinajstić information content (AvgIpc) is 2.59. The highest BCUT2D eigenvalue weighted by atomic mass is 32.2. The Morgan fingerprint density at radius 2 is 1.89 bits per heavy atom. The summed E-state index contributed by atoms with van der Waals surface area (Å²) in [4.78, 5) is 2.46. The van der Waals surface area contributed by atoms with Crippen LogP contribution in [0.25, 0.3) is 0 Å². The van der Waals surface area contributed by atoms with Gasteiger partial charge in [-0.3, -0.25) is 4.90 Å². The van der Waals surface area contributed by atoms with Crippen LogP contribution < -0.4 is 5.73 Å². The molecule has 0 spiro atoms. The molecule has 2 nitrogen and oxygen atoms in total. The number of hydrogen-bond acceptors (Lipinski definition) is 3. The molecule has 0 aromatic heterocycles. The maximum atomic E-state index is 12.2. The van der Waals surface area contributed by atoms with E-state index < -0.39 is 5.51 Å². The minimum Gasteiger partial charge on any atom is -0.326 e. The zero-order valence-corrected chi connectivity index (χ0v) is 11.5. The predicted molar refractivity (Wildman–Crippen MR) is 70.8 cm³/mol. The minimum atomic E-state index is -4.22. The van der Waals surface area contributed by atoms with Gasteiger partial charge in [-0.05, 0) is 35.4 Å². The monoisotopic (exact) mass is 290 g/mol. The Kier molecular flexibility index (Phi) is 4.43. The third-order valence-electron chi connectivity index (χ3n) is 3.31. The van der Waals surface area contributed by atoms with E-state index in [0.717, 1.165) is 25.2 Å². The number of rotatable bonds is 3. The van der Waals surface area contributed by atoms with Crippen molar-refractivity contribution in [2.24, 2.45) is 11.7 Å². The lowest BCUT2D eigenvalue weighted by Crippen LogP contribution is -2.28. The van der Waals surface area contributed by atoms with Gasteiger partial charge < -0.3 is 5.73 Å². The molecule has 2 atom stereocenters. The number of hydrogen-bond donors (Lipinski definition) is 1. The van der Waals surface area contributed by atoms with Crippen LogP contribution in [0.15, 0.2) is 29.2 Å². The molecule has 106 valence electrons. The highest BCUT2D eigenvalue weighted by Crippen LogP contribution is 2.36. The first-order valence-corrected chi connectivity index (χ1v) is 6.98. The van der Waals surface area contributed by atoms with Gasteiger partial charge in [-0.15, -0.1) is 0 Å². The second-order valence-electron chi connectivity index (χ2n) is 5.03. The maximum absolute atomic E-state index is 12.2. The van der Waals surface area contributed by atoms with Gasteiger partial charge in [-0.1, -0.05) is 19.1 Å². The molecule has 0 radical (unpaired) electrons. The predicted octanol–water partition coefficient (Wildman–Crippen LogP) is 3.08. The Morgan fingerprint density at radius 1 is 1.26 bits per heavy atom. The van der Waals surface area contributed by atoms with Crippen LogP contribution in [0, 0.1) is 5.92 Å². The summed E-state index contributed by atoms with van der Waals surface area (Å²) in [7, 11) is 0. The second-order valence-corrected chi connectivity index (χ2v) is 6.17. The molecule has 1 heterocycles. The molecule has 1 aliphatic rings. The van der Waals surface area contributed by atoms with Crippen molar-refractivity contribution in [3.63, 3.8) is 0 Å². The standard InChI is InChI=1S/C13H17F3N2S/c1-9-6-18(8-12(9)17)7-10-2-4-11(5-3-10)19-13(14,15)16/h2-5,9,12H,6-8,17H2,1H3. The van der Waals surface area contributed by atoms with E-state index in [4.69, 9.17) is 5.73 Å². The first kappa shape index (κ1) is 14.7. The number of nitrogens with two attached hydrogens (primary N) is 1. The molecule has 0 aliphatic carbocycles. The molecule has 0 saturated carbocycles. The summed E-state index contributed by atoms with van der Waals surface area (Å²) in [5.41, 5.74) is 2.74. The summed E-state index contributed by atoms with van der Waals surface area (Å²) in [6, 6.07) is 6.74. The number of nitrogens with zero attached hydrogens (tertiary/aromatic N) is 1. The smallest absolute Gasteiger partial charge is 0.326 e. The fourth-order valence-electron chi connectivity index (χ4n) is 2.28. The maximum Gasteiger partial charge on any atom is 0.446 e. The van der Waals surface area contributed by atoms with Crippen LogP contribution in [0.2, 0.25) is 0 Å². The topological polar surface area (TPSA) is 29.3 Å². The molecule has 0 amide bonds. The Balaban J connectivity index is 1.92. The minimum absolute atomic E-state index is 0.0806. The molecule has 1 aromatic rings. The lowest BCUT2D eigenvalue weighted by molar-refractivity contribution is -0.0328. The zero-order valence-electron chi connectivity index (χ0n) is 10.7. The number of halogens is 3. The highest BCUT2D eigenvalue weighted by Gasteiger charge is 2.29. The highest BCUT2D eigenvalue weighted by molar-refractivity contribution is 8.00. The summed E-state index contributed by atoms with van der Waals surface area (Å²) < 4.78 is 36.6. The van der Waals surface area contributed by atoms with Gasteiger partial charge in [0.2, 0.25) is 0 Å². The summed E-state index contributed by atoms with van der Waals surface area (Å²) in [5, 5.41) is 0. The first-order chi connectivity index (χ1) is 8.83. The van der Waals surface area contributed by atoms with E-state index in [0.29, 0.717) is 5.92 Å². The van der Waals surface area contributed by atoms with E-state index in [1.165, 1.54) is 12.1 Å². The molecular formula is C13H17F3N2S. The molecule has 19 heavy (non-hydrogen) atoms. The van der Waals surface area contributed by atoms with Crippen LogP contribution in [0.3, 0.4) is 0 Å². The van der Waals surface area contributed by atoms with Gasteiger partial charge in [0.05, 0.1) is 0 Å². The molecule has 2 rings (SSSR count). The van der Waals surface area contributed by atoms with Crippen molar-refractivity contribution in [2.45, 2.75) is 29.9 Å². The average molecular weight is 290 g/mol. The molecule has 1 fully saturated rings. The van der Waals surface area contributed by atoms with E-state index in [-0.39, 0.29) is 22.7 Å². The lowest BCUT2D eigenvalue weighted by atomic mass is 10.1. The number of alkyl halides is 3. The van der Waals surface area contributed by atoms with Crippen LogP contribution in [0.4, 0.5) is 13.2 Å². The molecular weight excluding hydrogens is 273 g/mol. The van der Waals surface area contributed by atoms with E-state index >= 15 is 0 Å². The van der Waals surface area contributed by atoms with Crippen molar-refractivity contribution in [3.8, 4) is 0 Å². The fourth-order valence-corrected chi connectivity index (χ4v) is 2.82. The molecule has 1 aliphatic heterocycles. The third-order valence-corrected chi connectivity index (χ3v) is 4.05.